The molecule has 1 aliphatic rings. The number of aromatic amines is 1. The first-order valence-corrected chi connectivity index (χ1v) is 8.59. The average molecular weight is 355 g/mol. The van der Waals surface area contributed by atoms with Crippen LogP contribution in [0.1, 0.15) is 23.2 Å². The summed E-state index contributed by atoms with van der Waals surface area (Å²) in [5.74, 6) is 1.00. The van der Waals surface area contributed by atoms with E-state index in [1.54, 1.807) is 32.4 Å². The van der Waals surface area contributed by atoms with E-state index in [1.807, 2.05) is 4.40 Å². The van der Waals surface area contributed by atoms with Gasteiger partial charge in [-0.25, -0.2) is 4.98 Å². The quantitative estimate of drug-likeness (QED) is 0.770. The fraction of sp³-hybridized carbons (Fsp3) is 0.389. The molecule has 3 aromatic rings. The van der Waals surface area contributed by atoms with Gasteiger partial charge in [-0.15, -0.1) is 0 Å². The molecular formula is C18H21N5O3. The molecule has 4 rings (SSSR count). The normalized spacial score (nSPS) is 14.3. The summed E-state index contributed by atoms with van der Waals surface area (Å²) in [5, 5.41) is 0. The van der Waals surface area contributed by atoms with Crippen LogP contribution in [0.15, 0.2) is 23.1 Å². The van der Waals surface area contributed by atoms with Crippen molar-refractivity contribution >= 4 is 28.4 Å². The molecule has 1 amide bonds. The third-order valence-electron chi connectivity index (χ3n) is 4.81. The summed E-state index contributed by atoms with van der Waals surface area (Å²) >= 11 is 0. The van der Waals surface area contributed by atoms with Crippen LogP contribution in [0.4, 0.5) is 5.95 Å². The van der Waals surface area contributed by atoms with Gasteiger partial charge in [0.1, 0.15) is 11.3 Å². The Morgan fingerprint density at radius 3 is 2.62 bits per heavy atom. The number of imidazole rings is 1. The maximum Gasteiger partial charge on any atom is 0.274 e. The fourth-order valence-electron chi connectivity index (χ4n) is 3.50. The van der Waals surface area contributed by atoms with Crippen LogP contribution in [0, 0.1) is 0 Å². The summed E-state index contributed by atoms with van der Waals surface area (Å²) in [6.07, 6.45) is 3.80. The molecule has 1 aliphatic heterocycles. The number of H-pyrrole nitrogens is 1. The predicted octanol–water partition coefficient (Wildman–Crippen LogP) is 1.49. The largest absolute Gasteiger partial charge is 0.496 e. The molecule has 0 radical (unpaired) electrons. The number of nitrogens with zero attached hydrogens (tertiary/aromatic N) is 4. The summed E-state index contributed by atoms with van der Waals surface area (Å²) in [7, 11) is 4.90. The molecule has 1 saturated heterocycles. The van der Waals surface area contributed by atoms with Crippen LogP contribution in [-0.4, -0.2) is 59.5 Å². The topological polar surface area (TPSA) is 82.9 Å². The van der Waals surface area contributed by atoms with Gasteiger partial charge in [0.05, 0.1) is 29.9 Å². The molecule has 0 atom stereocenters. The smallest absolute Gasteiger partial charge is 0.274 e. The van der Waals surface area contributed by atoms with E-state index < -0.39 is 0 Å². The molecule has 8 nitrogen and oxygen atoms in total. The molecule has 0 saturated carbocycles. The standard InChI is InChI=1S/C18H21N5O3/c1-21(2)17(25)11-8-13-12(9-15(11)26-3)20-16(24)14-10-19-18(23(13)14)22-6-4-5-7-22/h8-10H,4-7H2,1-3H3,(H,20,24). The zero-order chi connectivity index (χ0) is 18.4. The molecule has 1 fully saturated rings. The van der Waals surface area contributed by atoms with Crippen molar-refractivity contribution < 1.29 is 9.53 Å². The van der Waals surface area contributed by atoms with Gasteiger partial charge in [-0.1, -0.05) is 0 Å². The van der Waals surface area contributed by atoms with Crippen LogP contribution in [0.2, 0.25) is 0 Å². The third-order valence-corrected chi connectivity index (χ3v) is 4.81. The average Bonchev–Trinajstić information content (AvgIpc) is 3.29. The number of carbonyl (C=O) groups is 1. The first-order chi connectivity index (χ1) is 12.5. The second-order valence-electron chi connectivity index (χ2n) is 6.70. The number of benzene rings is 1. The van der Waals surface area contributed by atoms with Crippen LogP contribution in [0.5, 0.6) is 5.75 Å². The first-order valence-electron chi connectivity index (χ1n) is 8.59. The lowest BCUT2D eigenvalue weighted by Crippen LogP contribution is -2.23. The number of nitrogens with one attached hydrogen (secondary N) is 1. The van der Waals surface area contributed by atoms with Gasteiger partial charge < -0.3 is 19.5 Å². The molecule has 1 aromatic carbocycles. The lowest BCUT2D eigenvalue weighted by molar-refractivity contribution is 0.0824. The van der Waals surface area contributed by atoms with Crippen LogP contribution in [-0.2, 0) is 0 Å². The van der Waals surface area contributed by atoms with E-state index in [2.05, 4.69) is 14.9 Å². The SMILES string of the molecule is COc1cc2[nH]c(=O)c3cnc(N4CCCC4)n3c2cc1C(=O)N(C)C. The van der Waals surface area contributed by atoms with Crippen molar-refractivity contribution in [1.82, 2.24) is 19.3 Å². The van der Waals surface area contributed by atoms with Gasteiger partial charge in [0.2, 0.25) is 5.95 Å². The molecule has 0 spiro atoms. The molecule has 0 bridgehead atoms. The van der Waals surface area contributed by atoms with E-state index in [0.717, 1.165) is 37.4 Å². The van der Waals surface area contributed by atoms with Gasteiger partial charge >= 0.3 is 0 Å². The minimum atomic E-state index is -0.218. The summed E-state index contributed by atoms with van der Waals surface area (Å²) < 4.78 is 7.22. The van der Waals surface area contributed by atoms with Crippen molar-refractivity contribution in [3.63, 3.8) is 0 Å². The van der Waals surface area contributed by atoms with Gasteiger partial charge in [0.15, 0.2) is 0 Å². The number of ether oxygens (including phenoxy) is 1. The van der Waals surface area contributed by atoms with Crippen molar-refractivity contribution in [2.24, 2.45) is 0 Å². The Bertz CT molecular complexity index is 1060. The van der Waals surface area contributed by atoms with E-state index in [4.69, 9.17) is 4.74 Å². The van der Waals surface area contributed by atoms with E-state index in [1.165, 1.54) is 12.0 Å². The molecule has 8 heteroatoms. The molecule has 0 aliphatic carbocycles. The van der Waals surface area contributed by atoms with Gasteiger partial charge in [-0.3, -0.25) is 14.0 Å². The van der Waals surface area contributed by atoms with Gasteiger partial charge in [0.25, 0.3) is 11.5 Å². The highest BCUT2D eigenvalue weighted by atomic mass is 16.5. The Kier molecular flexibility index (Phi) is 3.82. The number of hydrogen-bond donors (Lipinski definition) is 1. The maximum absolute atomic E-state index is 12.6. The highest BCUT2D eigenvalue weighted by molar-refractivity contribution is 6.00. The Morgan fingerprint density at radius 1 is 1.23 bits per heavy atom. The monoisotopic (exact) mass is 355 g/mol. The number of fused-ring (bicyclic) bond motifs is 3. The second-order valence-corrected chi connectivity index (χ2v) is 6.70. The Balaban J connectivity index is 2.06. The number of amides is 1. The highest BCUT2D eigenvalue weighted by Crippen LogP contribution is 2.28. The van der Waals surface area contributed by atoms with E-state index in [-0.39, 0.29) is 11.5 Å². The molecule has 136 valence electrons. The van der Waals surface area contributed by atoms with Crippen LogP contribution in [0.3, 0.4) is 0 Å². The maximum atomic E-state index is 12.6. The minimum absolute atomic E-state index is 0.161. The van der Waals surface area contributed by atoms with Crippen molar-refractivity contribution in [2.75, 3.05) is 39.2 Å². The van der Waals surface area contributed by atoms with Crippen LogP contribution in [0.25, 0.3) is 16.6 Å². The minimum Gasteiger partial charge on any atom is -0.496 e. The van der Waals surface area contributed by atoms with Crippen molar-refractivity contribution in [3.8, 4) is 5.75 Å². The molecule has 0 unspecified atom stereocenters. The zero-order valence-corrected chi connectivity index (χ0v) is 15.1. The number of carbonyl (C=O) groups excluding carboxylic acids is 1. The molecule has 3 heterocycles. The van der Waals surface area contributed by atoms with Crippen LogP contribution < -0.4 is 15.2 Å². The van der Waals surface area contributed by atoms with Gasteiger partial charge in [-0.05, 0) is 18.9 Å². The molecule has 26 heavy (non-hydrogen) atoms. The number of methoxy groups -OCH3 is 1. The number of aromatic nitrogens is 3. The van der Waals surface area contributed by atoms with Crippen molar-refractivity contribution in [2.45, 2.75) is 12.8 Å². The summed E-state index contributed by atoms with van der Waals surface area (Å²) in [4.78, 5) is 36.1. The predicted molar refractivity (Wildman–Crippen MR) is 99.3 cm³/mol. The fourth-order valence-corrected chi connectivity index (χ4v) is 3.50. The first kappa shape index (κ1) is 16.4. The molecule has 1 N–H and O–H groups in total. The number of rotatable bonds is 3. The third kappa shape index (κ3) is 2.40. The van der Waals surface area contributed by atoms with E-state index in [0.29, 0.717) is 22.3 Å². The van der Waals surface area contributed by atoms with Crippen LogP contribution >= 0.6 is 0 Å². The number of hydrogen-bond acceptors (Lipinski definition) is 5. The Morgan fingerprint density at radius 2 is 1.96 bits per heavy atom. The lowest BCUT2D eigenvalue weighted by Gasteiger charge is -2.18. The summed E-state index contributed by atoms with van der Waals surface area (Å²) in [6, 6.07) is 3.46. The number of anilines is 1. The molecular weight excluding hydrogens is 334 g/mol. The van der Waals surface area contributed by atoms with Crippen molar-refractivity contribution in [1.29, 1.82) is 0 Å². The van der Waals surface area contributed by atoms with Gasteiger partial charge in [0, 0.05) is 33.3 Å². The lowest BCUT2D eigenvalue weighted by atomic mass is 10.1. The Hall–Kier alpha value is -3.03. The summed E-state index contributed by atoms with van der Waals surface area (Å²) in [5.41, 5.74) is 2.02. The van der Waals surface area contributed by atoms with E-state index in [9.17, 15) is 9.59 Å². The Labute approximate surface area is 150 Å². The molecule has 2 aromatic heterocycles. The second kappa shape index (κ2) is 6.05. The summed E-state index contributed by atoms with van der Waals surface area (Å²) in [6.45, 7) is 1.82. The van der Waals surface area contributed by atoms with Crippen molar-refractivity contribution in [3.05, 3.63) is 34.2 Å². The van der Waals surface area contributed by atoms with Gasteiger partial charge in [-0.2, -0.15) is 0 Å². The highest BCUT2D eigenvalue weighted by Gasteiger charge is 2.22. The zero-order valence-electron chi connectivity index (χ0n) is 15.1. The van der Waals surface area contributed by atoms with E-state index >= 15 is 0 Å².